The van der Waals surface area contributed by atoms with E-state index in [9.17, 15) is 4.79 Å². The van der Waals surface area contributed by atoms with Crippen LogP contribution in [0.15, 0.2) is 0 Å². The number of rotatable bonds is 4. The quantitative estimate of drug-likeness (QED) is 0.848. The molecule has 0 spiro atoms. The van der Waals surface area contributed by atoms with Crippen LogP contribution in [0.5, 0.6) is 0 Å². The molecule has 1 aliphatic heterocycles. The van der Waals surface area contributed by atoms with E-state index in [4.69, 9.17) is 4.74 Å². The van der Waals surface area contributed by atoms with Crippen molar-refractivity contribution in [3.8, 4) is 0 Å². The van der Waals surface area contributed by atoms with Crippen molar-refractivity contribution in [2.75, 3.05) is 33.9 Å². The Balaban J connectivity index is 1.55. The number of hydrogen-bond donors (Lipinski definition) is 1. The number of nitrogens with one attached hydrogen (secondary N) is 1. The molecule has 0 aromatic rings. The lowest BCUT2D eigenvalue weighted by Gasteiger charge is -2.39. The zero-order valence-corrected chi connectivity index (χ0v) is 14.1. The monoisotopic (exact) mass is 309 g/mol. The van der Waals surface area contributed by atoms with Crippen LogP contribution in [0.1, 0.15) is 44.9 Å². The van der Waals surface area contributed by atoms with Crippen LogP contribution in [0.3, 0.4) is 0 Å². The summed E-state index contributed by atoms with van der Waals surface area (Å²) >= 11 is 0. The van der Waals surface area contributed by atoms with Gasteiger partial charge in [-0.25, -0.2) is 0 Å². The molecule has 0 aromatic heterocycles. The Morgan fingerprint density at radius 1 is 1.18 bits per heavy atom. The van der Waals surface area contributed by atoms with E-state index in [1.807, 2.05) is 0 Å². The highest BCUT2D eigenvalue weighted by molar-refractivity contribution is 5.82. The van der Waals surface area contributed by atoms with Crippen molar-refractivity contribution in [3.05, 3.63) is 0 Å². The van der Waals surface area contributed by atoms with Crippen molar-refractivity contribution >= 4 is 5.91 Å². The van der Waals surface area contributed by atoms with E-state index < -0.39 is 0 Å². The Hall–Kier alpha value is -0.650. The van der Waals surface area contributed by atoms with Gasteiger partial charge in [-0.3, -0.25) is 9.69 Å². The number of nitrogens with zero attached hydrogens (tertiary/aromatic N) is 2. The van der Waals surface area contributed by atoms with E-state index in [1.165, 1.54) is 32.1 Å². The first-order chi connectivity index (χ1) is 10.6. The molecule has 1 N–H and O–H groups in total. The predicted octanol–water partition coefficient (Wildman–Crippen LogP) is 1.23. The number of carbonyl (C=O) groups excluding carboxylic acids is 1. The number of carbonyl (C=O) groups is 1. The van der Waals surface area contributed by atoms with Crippen LogP contribution in [0.25, 0.3) is 0 Å². The lowest BCUT2D eigenvalue weighted by Crippen LogP contribution is -2.57. The lowest BCUT2D eigenvalue weighted by atomic mass is 10.1. The first-order valence-corrected chi connectivity index (χ1v) is 8.95. The summed E-state index contributed by atoms with van der Waals surface area (Å²) in [6, 6.07) is 1.47. The third kappa shape index (κ3) is 3.63. The maximum atomic E-state index is 12.8. The Bertz CT molecular complexity index is 382. The number of ether oxygens (including phenoxy) is 1. The molecule has 5 nitrogen and oxygen atoms in total. The smallest absolute Gasteiger partial charge is 0.239 e. The maximum Gasteiger partial charge on any atom is 0.239 e. The Kier molecular flexibility index (Phi) is 5.37. The molecular formula is C17H31N3O2. The average molecular weight is 309 g/mol. The van der Waals surface area contributed by atoms with Gasteiger partial charge in [0.1, 0.15) is 6.04 Å². The fourth-order valence-electron chi connectivity index (χ4n) is 4.37. The summed E-state index contributed by atoms with van der Waals surface area (Å²) in [6.45, 7) is 2.24. The molecule has 5 heteroatoms. The second-order valence-electron chi connectivity index (χ2n) is 7.40. The van der Waals surface area contributed by atoms with Crippen molar-refractivity contribution < 1.29 is 9.53 Å². The Morgan fingerprint density at radius 3 is 2.64 bits per heavy atom. The van der Waals surface area contributed by atoms with Crippen molar-refractivity contribution in [3.63, 3.8) is 0 Å². The molecule has 1 heterocycles. The van der Waals surface area contributed by atoms with Gasteiger partial charge in [0.05, 0.1) is 13.2 Å². The van der Waals surface area contributed by atoms with Gasteiger partial charge in [0.15, 0.2) is 0 Å². The predicted molar refractivity (Wildman–Crippen MR) is 86.8 cm³/mol. The molecule has 0 radical (unpaired) electrons. The molecule has 3 aliphatic rings. The first-order valence-electron chi connectivity index (χ1n) is 8.95. The highest BCUT2D eigenvalue weighted by Gasteiger charge is 2.37. The van der Waals surface area contributed by atoms with Crippen molar-refractivity contribution in [2.24, 2.45) is 0 Å². The number of amides is 1. The largest absolute Gasteiger partial charge is 0.378 e. The van der Waals surface area contributed by atoms with Crippen LogP contribution >= 0.6 is 0 Å². The molecule has 0 aromatic carbocycles. The van der Waals surface area contributed by atoms with E-state index in [2.05, 4.69) is 29.2 Å². The topological polar surface area (TPSA) is 44.8 Å². The molecular weight excluding hydrogens is 278 g/mol. The standard InChI is InChI=1S/C17H31N3O2/c1-19(2)15-8-7-13(11-15)18-17(21)16-12-22-10-9-20(16)14-5-3-4-6-14/h13-16H,3-12H2,1-2H3,(H,18,21)/t13-,15+,16+/m1/s1. The van der Waals surface area contributed by atoms with Gasteiger partial charge in [0.2, 0.25) is 5.91 Å². The molecule has 2 saturated carbocycles. The third-order valence-corrected chi connectivity index (χ3v) is 5.75. The molecule has 3 fully saturated rings. The normalized spacial score (nSPS) is 34.4. The molecule has 126 valence electrons. The number of morpholine rings is 1. The molecule has 0 unspecified atom stereocenters. The minimum Gasteiger partial charge on any atom is -0.378 e. The van der Waals surface area contributed by atoms with Crippen LogP contribution in [0.4, 0.5) is 0 Å². The van der Waals surface area contributed by atoms with E-state index in [0.717, 1.165) is 26.0 Å². The van der Waals surface area contributed by atoms with Gasteiger partial charge < -0.3 is 15.0 Å². The summed E-state index contributed by atoms with van der Waals surface area (Å²) in [5.41, 5.74) is 0. The highest BCUT2D eigenvalue weighted by Crippen LogP contribution is 2.27. The van der Waals surface area contributed by atoms with Crippen molar-refractivity contribution in [2.45, 2.75) is 69.1 Å². The molecule has 1 saturated heterocycles. The zero-order valence-electron chi connectivity index (χ0n) is 14.1. The number of hydrogen-bond acceptors (Lipinski definition) is 4. The molecule has 0 bridgehead atoms. The minimum absolute atomic E-state index is 0.0738. The molecule has 3 rings (SSSR count). The van der Waals surface area contributed by atoms with Crippen LogP contribution in [-0.4, -0.2) is 73.7 Å². The van der Waals surface area contributed by atoms with Gasteiger partial charge in [-0.15, -0.1) is 0 Å². The van der Waals surface area contributed by atoms with E-state index in [0.29, 0.717) is 24.7 Å². The summed E-state index contributed by atoms with van der Waals surface area (Å²) in [5.74, 6) is 0.191. The fourth-order valence-corrected chi connectivity index (χ4v) is 4.37. The summed E-state index contributed by atoms with van der Waals surface area (Å²) in [7, 11) is 4.26. The highest BCUT2D eigenvalue weighted by atomic mass is 16.5. The molecule has 3 atom stereocenters. The summed E-state index contributed by atoms with van der Waals surface area (Å²) in [4.78, 5) is 17.5. The van der Waals surface area contributed by atoms with Gasteiger partial charge in [-0.2, -0.15) is 0 Å². The second-order valence-corrected chi connectivity index (χ2v) is 7.40. The van der Waals surface area contributed by atoms with E-state index >= 15 is 0 Å². The Labute approximate surface area is 134 Å². The molecule has 22 heavy (non-hydrogen) atoms. The SMILES string of the molecule is CN(C)[C@H]1CC[C@@H](NC(=O)[C@@H]2COCCN2C2CCCC2)C1. The van der Waals surface area contributed by atoms with Crippen LogP contribution in [0.2, 0.25) is 0 Å². The Morgan fingerprint density at radius 2 is 1.95 bits per heavy atom. The first kappa shape index (κ1) is 16.2. The van der Waals surface area contributed by atoms with E-state index in [-0.39, 0.29) is 11.9 Å². The lowest BCUT2D eigenvalue weighted by molar-refractivity contribution is -0.135. The maximum absolute atomic E-state index is 12.8. The van der Waals surface area contributed by atoms with Gasteiger partial charge in [-0.05, 0) is 46.2 Å². The minimum atomic E-state index is -0.0738. The van der Waals surface area contributed by atoms with Crippen molar-refractivity contribution in [1.82, 2.24) is 15.1 Å². The van der Waals surface area contributed by atoms with E-state index in [1.54, 1.807) is 0 Å². The average Bonchev–Trinajstić information content (AvgIpc) is 3.18. The van der Waals surface area contributed by atoms with Gasteiger partial charge in [0.25, 0.3) is 0 Å². The molecule has 1 amide bonds. The summed E-state index contributed by atoms with van der Waals surface area (Å²) in [5, 5.41) is 3.30. The van der Waals surface area contributed by atoms with Crippen LogP contribution in [0, 0.1) is 0 Å². The van der Waals surface area contributed by atoms with Crippen LogP contribution < -0.4 is 5.32 Å². The van der Waals surface area contributed by atoms with Gasteiger partial charge in [0, 0.05) is 24.7 Å². The van der Waals surface area contributed by atoms with Gasteiger partial charge >= 0.3 is 0 Å². The zero-order chi connectivity index (χ0) is 15.5. The van der Waals surface area contributed by atoms with Crippen LogP contribution in [-0.2, 0) is 9.53 Å². The van der Waals surface area contributed by atoms with Gasteiger partial charge in [-0.1, -0.05) is 12.8 Å². The second kappa shape index (κ2) is 7.28. The van der Waals surface area contributed by atoms with Crippen molar-refractivity contribution in [1.29, 1.82) is 0 Å². The third-order valence-electron chi connectivity index (χ3n) is 5.75. The summed E-state index contributed by atoms with van der Waals surface area (Å²) < 4.78 is 5.61. The fraction of sp³-hybridized carbons (Fsp3) is 0.941. The summed E-state index contributed by atoms with van der Waals surface area (Å²) in [6.07, 6.45) is 8.48. The molecule has 2 aliphatic carbocycles.